The van der Waals surface area contributed by atoms with Gasteiger partial charge in [0.15, 0.2) is 0 Å². The van der Waals surface area contributed by atoms with Crippen LogP contribution in [0, 0.1) is 11.3 Å². The molecule has 2 heteroatoms. The third-order valence-corrected chi connectivity index (χ3v) is 3.18. The van der Waals surface area contributed by atoms with Crippen molar-refractivity contribution in [3.8, 4) is 0 Å². The molecule has 0 aliphatic heterocycles. The molecular weight excluding hydrogens is 188 g/mol. The molecule has 0 aromatic heterocycles. The van der Waals surface area contributed by atoms with Gasteiger partial charge in [-0.25, -0.2) is 0 Å². The third kappa shape index (κ3) is 2.58. The van der Waals surface area contributed by atoms with Crippen LogP contribution < -0.4 is 0 Å². The zero-order chi connectivity index (χ0) is 11.5. The van der Waals surface area contributed by atoms with Gasteiger partial charge in [-0.3, -0.25) is 4.79 Å². The summed E-state index contributed by atoms with van der Waals surface area (Å²) in [5, 5.41) is 9.26. The lowest BCUT2D eigenvalue weighted by molar-refractivity contribution is -0.150. The van der Waals surface area contributed by atoms with E-state index in [2.05, 4.69) is 0 Å². The van der Waals surface area contributed by atoms with Crippen LogP contribution in [-0.4, -0.2) is 11.1 Å². The average molecular weight is 206 g/mol. The first-order valence-corrected chi connectivity index (χ1v) is 5.24. The van der Waals surface area contributed by atoms with Gasteiger partial charge in [0, 0.05) is 0 Å². The number of carbonyl (C=O) groups is 1. The lowest BCUT2D eigenvalue weighted by Gasteiger charge is -2.29. The maximum atomic E-state index is 11.3. The molecule has 0 saturated heterocycles. The van der Waals surface area contributed by atoms with Crippen molar-refractivity contribution in [2.45, 2.75) is 27.2 Å². The van der Waals surface area contributed by atoms with E-state index in [1.165, 1.54) is 0 Å². The highest BCUT2D eigenvalue weighted by atomic mass is 16.4. The Morgan fingerprint density at radius 2 is 1.87 bits per heavy atom. The van der Waals surface area contributed by atoms with Crippen LogP contribution in [-0.2, 0) is 11.2 Å². The number of carboxylic acids is 1. The van der Waals surface area contributed by atoms with Crippen LogP contribution in [0.2, 0.25) is 0 Å². The van der Waals surface area contributed by atoms with Gasteiger partial charge in [-0.05, 0) is 24.8 Å². The fourth-order valence-corrected chi connectivity index (χ4v) is 1.55. The lowest BCUT2D eigenvalue weighted by Crippen LogP contribution is -2.35. The Morgan fingerprint density at radius 1 is 1.33 bits per heavy atom. The SMILES string of the molecule is CC(C)C(C)(Cc1ccccc1)C(=O)O. The molecule has 82 valence electrons. The predicted molar refractivity (Wildman–Crippen MR) is 60.7 cm³/mol. The number of rotatable bonds is 4. The van der Waals surface area contributed by atoms with Crippen molar-refractivity contribution < 1.29 is 9.90 Å². The number of carboxylic acid groups (broad SMARTS) is 1. The monoisotopic (exact) mass is 206 g/mol. The molecule has 1 rings (SSSR count). The second kappa shape index (κ2) is 4.47. The molecule has 1 N–H and O–H groups in total. The molecule has 0 fully saturated rings. The Kier molecular flexibility index (Phi) is 3.51. The fraction of sp³-hybridized carbons (Fsp3) is 0.462. The van der Waals surface area contributed by atoms with Gasteiger partial charge in [0.2, 0.25) is 0 Å². The van der Waals surface area contributed by atoms with E-state index < -0.39 is 11.4 Å². The molecule has 0 spiro atoms. The van der Waals surface area contributed by atoms with Crippen molar-refractivity contribution in [2.75, 3.05) is 0 Å². The summed E-state index contributed by atoms with van der Waals surface area (Å²) < 4.78 is 0. The van der Waals surface area contributed by atoms with Crippen molar-refractivity contribution in [3.63, 3.8) is 0 Å². The summed E-state index contributed by atoms with van der Waals surface area (Å²) in [5.41, 5.74) is 0.401. The Bertz CT molecular complexity index is 330. The number of aliphatic carboxylic acids is 1. The van der Waals surface area contributed by atoms with E-state index in [9.17, 15) is 9.90 Å². The van der Waals surface area contributed by atoms with Gasteiger partial charge in [-0.2, -0.15) is 0 Å². The van der Waals surface area contributed by atoms with Crippen LogP contribution in [0.5, 0.6) is 0 Å². The van der Waals surface area contributed by atoms with Crippen LogP contribution in [0.3, 0.4) is 0 Å². The first-order valence-electron chi connectivity index (χ1n) is 5.24. The molecule has 0 bridgehead atoms. The topological polar surface area (TPSA) is 37.3 Å². The van der Waals surface area contributed by atoms with Gasteiger partial charge in [-0.1, -0.05) is 44.2 Å². The molecule has 1 aromatic carbocycles. The quantitative estimate of drug-likeness (QED) is 0.822. The molecule has 0 heterocycles. The Morgan fingerprint density at radius 3 is 2.27 bits per heavy atom. The molecule has 2 nitrogen and oxygen atoms in total. The molecule has 15 heavy (non-hydrogen) atoms. The highest BCUT2D eigenvalue weighted by Crippen LogP contribution is 2.31. The number of benzene rings is 1. The van der Waals surface area contributed by atoms with Crippen LogP contribution in [0.25, 0.3) is 0 Å². The van der Waals surface area contributed by atoms with Gasteiger partial charge in [0.05, 0.1) is 5.41 Å². The lowest BCUT2D eigenvalue weighted by atomic mass is 9.74. The summed E-state index contributed by atoms with van der Waals surface area (Å²) in [4.78, 5) is 11.3. The van der Waals surface area contributed by atoms with Gasteiger partial charge >= 0.3 is 5.97 Å². The normalized spacial score (nSPS) is 14.9. The van der Waals surface area contributed by atoms with Crippen LogP contribution >= 0.6 is 0 Å². The average Bonchev–Trinajstić information content (AvgIpc) is 2.18. The van der Waals surface area contributed by atoms with Crippen molar-refractivity contribution >= 4 is 5.97 Å². The highest BCUT2D eigenvalue weighted by Gasteiger charge is 2.36. The third-order valence-electron chi connectivity index (χ3n) is 3.18. The molecule has 0 radical (unpaired) electrons. The van der Waals surface area contributed by atoms with Gasteiger partial charge in [0.1, 0.15) is 0 Å². The highest BCUT2D eigenvalue weighted by molar-refractivity contribution is 5.74. The van der Waals surface area contributed by atoms with Crippen LogP contribution in [0.1, 0.15) is 26.3 Å². The molecule has 1 aromatic rings. The van der Waals surface area contributed by atoms with E-state index in [4.69, 9.17) is 0 Å². The van der Waals surface area contributed by atoms with Crippen molar-refractivity contribution in [3.05, 3.63) is 35.9 Å². The predicted octanol–water partition coefficient (Wildman–Crippen LogP) is 2.98. The summed E-state index contributed by atoms with van der Waals surface area (Å²) >= 11 is 0. The van der Waals surface area contributed by atoms with Crippen LogP contribution in [0.4, 0.5) is 0 Å². The summed E-state index contributed by atoms with van der Waals surface area (Å²) in [5.74, 6) is -0.600. The van der Waals surface area contributed by atoms with Gasteiger partial charge in [0.25, 0.3) is 0 Å². The largest absolute Gasteiger partial charge is 0.481 e. The molecule has 1 unspecified atom stereocenters. The van der Waals surface area contributed by atoms with E-state index in [1.54, 1.807) is 0 Å². The summed E-state index contributed by atoms with van der Waals surface area (Å²) in [7, 11) is 0. The van der Waals surface area contributed by atoms with Crippen molar-refractivity contribution in [1.29, 1.82) is 0 Å². The molecule has 0 aliphatic rings. The maximum absolute atomic E-state index is 11.3. The zero-order valence-corrected chi connectivity index (χ0v) is 9.53. The first kappa shape index (κ1) is 11.8. The molecule has 0 aliphatic carbocycles. The van der Waals surface area contributed by atoms with E-state index >= 15 is 0 Å². The second-order valence-corrected chi connectivity index (χ2v) is 4.54. The minimum absolute atomic E-state index is 0.121. The standard InChI is InChI=1S/C13H18O2/c1-10(2)13(3,12(14)15)9-11-7-5-4-6-8-11/h4-8,10H,9H2,1-3H3,(H,14,15). The van der Waals surface area contributed by atoms with Crippen molar-refractivity contribution in [2.24, 2.45) is 11.3 Å². The smallest absolute Gasteiger partial charge is 0.309 e. The number of hydrogen-bond acceptors (Lipinski definition) is 1. The summed E-state index contributed by atoms with van der Waals surface area (Å²) in [6, 6.07) is 9.78. The fourth-order valence-electron chi connectivity index (χ4n) is 1.55. The Hall–Kier alpha value is -1.31. The number of hydrogen-bond donors (Lipinski definition) is 1. The van der Waals surface area contributed by atoms with Crippen molar-refractivity contribution in [1.82, 2.24) is 0 Å². The van der Waals surface area contributed by atoms with Gasteiger partial charge in [-0.15, -0.1) is 0 Å². The van der Waals surface area contributed by atoms with E-state index in [-0.39, 0.29) is 5.92 Å². The first-order chi connectivity index (χ1) is 6.97. The van der Waals surface area contributed by atoms with Gasteiger partial charge < -0.3 is 5.11 Å². The maximum Gasteiger partial charge on any atom is 0.309 e. The molecule has 0 amide bonds. The summed E-state index contributed by atoms with van der Waals surface area (Å²) in [6.07, 6.45) is 0.584. The van der Waals surface area contributed by atoms with E-state index in [0.29, 0.717) is 6.42 Å². The molecular formula is C13H18O2. The minimum Gasteiger partial charge on any atom is -0.481 e. The molecule has 0 saturated carbocycles. The zero-order valence-electron chi connectivity index (χ0n) is 9.53. The minimum atomic E-state index is -0.721. The second-order valence-electron chi connectivity index (χ2n) is 4.54. The Balaban J connectivity index is 2.90. The Labute approximate surface area is 90.9 Å². The van der Waals surface area contributed by atoms with E-state index in [0.717, 1.165) is 5.56 Å². The van der Waals surface area contributed by atoms with Crippen LogP contribution in [0.15, 0.2) is 30.3 Å². The van der Waals surface area contributed by atoms with E-state index in [1.807, 2.05) is 51.1 Å². The summed E-state index contributed by atoms with van der Waals surface area (Å²) in [6.45, 7) is 5.72. The molecule has 1 atom stereocenters.